The van der Waals surface area contributed by atoms with E-state index in [9.17, 15) is 13.2 Å². The molecule has 0 aliphatic carbocycles. The van der Waals surface area contributed by atoms with Gasteiger partial charge in [0.15, 0.2) is 0 Å². The van der Waals surface area contributed by atoms with Gasteiger partial charge in [-0.05, 0) is 30.8 Å². The topological polar surface area (TPSA) is 43.2 Å². The van der Waals surface area contributed by atoms with Crippen molar-refractivity contribution in [2.45, 2.75) is 18.1 Å². The molecule has 1 aliphatic heterocycles. The third kappa shape index (κ3) is 3.85. The molecule has 0 spiro atoms. The number of alkyl halides is 3. The Bertz CT molecular complexity index is 1000. The van der Waals surface area contributed by atoms with Crippen molar-refractivity contribution in [3.63, 3.8) is 0 Å². The molecule has 1 fully saturated rings. The minimum absolute atomic E-state index is 0.194. The third-order valence-electron chi connectivity index (χ3n) is 5.33. The number of hydrogen-bond donors (Lipinski definition) is 0. The summed E-state index contributed by atoms with van der Waals surface area (Å²) in [7, 11) is 3.46. The maximum Gasteiger partial charge on any atom is 0.416 e. The summed E-state index contributed by atoms with van der Waals surface area (Å²) in [5.74, 6) is 0.173. The lowest BCUT2D eigenvalue weighted by Crippen LogP contribution is -2.20. The Morgan fingerprint density at radius 2 is 1.90 bits per heavy atom. The van der Waals surface area contributed by atoms with Crippen molar-refractivity contribution >= 4 is 0 Å². The van der Waals surface area contributed by atoms with Gasteiger partial charge in [-0.3, -0.25) is 4.68 Å². The van der Waals surface area contributed by atoms with Crippen LogP contribution in [0.2, 0.25) is 0 Å². The number of likely N-dealkylation sites (N-methyl/N-ethyl adjacent to an activating group) is 1. The number of halogens is 3. The van der Waals surface area contributed by atoms with E-state index >= 15 is 0 Å². The first-order valence-electron chi connectivity index (χ1n) is 9.27. The largest absolute Gasteiger partial charge is 0.481 e. The standard InChI is InChI=1S/C21H21F3N4O/c1-27-12-16(15-5-3-4-6-17(15)21(22,23)24)19(13-27)28-10-8-18(26-28)14-7-9-25-20(11-14)29-2/h3-11,16,19H,12-13H2,1-2H3/t16-,19+/m1/s1. The van der Waals surface area contributed by atoms with Gasteiger partial charge in [-0.2, -0.15) is 18.3 Å². The molecule has 0 N–H and O–H groups in total. The molecule has 2 atom stereocenters. The zero-order chi connectivity index (χ0) is 20.6. The van der Waals surface area contributed by atoms with Crippen LogP contribution in [0.1, 0.15) is 23.1 Å². The quantitative estimate of drug-likeness (QED) is 0.655. The number of methoxy groups -OCH3 is 1. The third-order valence-corrected chi connectivity index (χ3v) is 5.33. The Morgan fingerprint density at radius 3 is 2.66 bits per heavy atom. The summed E-state index contributed by atoms with van der Waals surface area (Å²) in [5, 5.41) is 4.67. The highest BCUT2D eigenvalue weighted by molar-refractivity contribution is 5.59. The van der Waals surface area contributed by atoms with Gasteiger partial charge in [-0.1, -0.05) is 18.2 Å². The summed E-state index contributed by atoms with van der Waals surface area (Å²) in [6.07, 6.45) is -0.917. The van der Waals surface area contributed by atoms with Crippen LogP contribution in [0, 0.1) is 0 Å². The summed E-state index contributed by atoms with van der Waals surface area (Å²) in [5.41, 5.74) is 1.31. The molecule has 0 radical (unpaired) electrons. The van der Waals surface area contributed by atoms with Crippen molar-refractivity contribution in [3.8, 4) is 17.1 Å². The molecule has 1 aliphatic rings. The molecule has 1 saturated heterocycles. The van der Waals surface area contributed by atoms with E-state index in [4.69, 9.17) is 4.74 Å². The molecule has 8 heteroatoms. The van der Waals surface area contributed by atoms with Gasteiger partial charge in [0.05, 0.1) is 24.4 Å². The van der Waals surface area contributed by atoms with Gasteiger partial charge in [0.2, 0.25) is 5.88 Å². The minimum atomic E-state index is -4.38. The second kappa shape index (κ2) is 7.51. The van der Waals surface area contributed by atoms with Crippen LogP contribution in [0.25, 0.3) is 11.3 Å². The van der Waals surface area contributed by atoms with Gasteiger partial charge in [0.25, 0.3) is 0 Å². The van der Waals surface area contributed by atoms with Gasteiger partial charge in [-0.15, -0.1) is 0 Å². The highest BCUT2D eigenvalue weighted by Crippen LogP contribution is 2.42. The van der Waals surface area contributed by atoms with Crippen molar-refractivity contribution in [2.75, 3.05) is 27.2 Å². The predicted molar refractivity (Wildman–Crippen MR) is 103 cm³/mol. The van der Waals surface area contributed by atoms with E-state index in [1.165, 1.54) is 6.07 Å². The first-order chi connectivity index (χ1) is 13.9. The first kappa shape index (κ1) is 19.4. The molecule has 0 amide bonds. The highest BCUT2D eigenvalue weighted by atomic mass is 19.4. The van der Waals surface area contributed by atoms with Crippen molar-refractivity contribution in [2.24, 2.45) is 0 Å². The number of benzene rings is 1. The maximum atomic E-state index is 13.6. The molecule has 152 valence electrons. The molecule has 1 aromatic carbocycles. The van der Waals surface area contributed by atoms with Gasteiger partial charge in [0.1, 0.15) is 0 Å². The fraction of sp³-hybridized carbons (Fsp3) is 0.333. The molecule has 5 nitrogen and oxygen atoms in total. The van der Waals surface area contributed by atoms with Crippen LogP contribution >= 0.6 is 0 Å². The fourth-order valence-corrected chi connectivity index (χ4v) is 3.99. The van der Waals surface area contributed by atoms with Crippen molar-refractivity contribution < 1.29 is 17.9 Å². The molecule has 29 heavy (non-hydrogen) atoms. The van der Waals surface area contributed by atoms with Crippen LogP contribution in [0.4, 0.5) is 13.2 Å². The second-order valence-corrected chi connectivity index (χ2v) is 7.25. The van der Waals surface area contributed by atoms with E-state index in [-0.39, 0.29) is 12.0 Å². The normalized spacial score (nSPS) is 20.2. The summed E-state index contributed by atoms with van der Waals surface area (Å²) in [4.78, 5) is 6.13. The van der Waals surface area contributed by atoms with Crippen LogP contribution in [0.3, 0.4) is 0 Å². The molecule has 0 unspecified atom stereocenters. The average molecular weight is 402 g/mol. The number of nitrogens with zero attached hydrogens (tertiary/aromatic N) is 4. The molecular formula is C21H21F3N4O. The average Bonchev–Trinajstić information content (AvgIpc) is 3.34. The second-order valence-electron chi connectivity index (χ2n) is 7.25. The predicted octanol–water partition coefficient (Wildman–Crippen LogP) is 4.24. The van der Waals surface area contributed by atoms with Crippen molar-refractivity contribution in [1.82, 2.24) is 19.7 Å². The lowest BCUT2D eigenvalue weighted by Gasteiger charge is -2.23. The number of aromatic nitrogens is 3. The van der Waals surface area contributed by atoms with E-state index in [2.05, 4.69) is 10.1 Å². The van der Waals surface area contributed by atoms with Gasteiger partial charge in [-0.25, -0.2) is 4.98 Å². The van der Waals surface area contributed by atoms with E-state index in [1.54, 1.807) is 36.2 Å². The SMILES string of the molecule is COc1cc(-c2ccn([C@H]3CN(C)C[C@@H]3c3ccccc3C(F)(F)F)n2)ccn1. The summed E-state index contributed by atoms with van der Waals surface area (Å²) in [6, 6.07) is 11.1. The van der Waals surface area contributed by atoms with Gasteiger partial charge >= 0.3 is 6.18 Å². The van der Waals surface area contributed by atoms with E-state index in [1.807, 2.05) is 30.3 Å². The lowest BCUT2D eigenvalue weighted by atomic mass is 9.90. The maximum absolute atomic E-state index is 13.6. The van der Waals surface area contributed by atoms with Crippen LogP contribution in [0.15, 0.2) is 54.9 Å². The van der Waals surface area contributed by atoms with Crippen LogP contribution in [-0.4, -0.2) is 46.9 Å². The number of pyridine rings is 1. The Labute approximate surface area is 166 Å². The van der Waals surface area contributed by atoms with Crippen LogP contribution in [-0.2, 0) is 6.18 Å². The molecule has 2 aromatic heterocycles. The Morgan fingerprint density at radius 1 is 1.10 bits per heavy atom. The number of likely N-dealkylation sites (tertiary alicyclic amines) is 1. The molecule has 3 aromatic rings. The number of hydrogen-bond acceptors (Lipinski definition) is 4. The highest BCUT2D eigenvalue weighted by Gasteiger charge is 2.40. The Balaban J connectivity index is 1.69. The summed E-state index contributed by atoms with van der Waals surface area (Å²) < 4.78 is 47.7. The lowest BCUT2D eigenvalue weighted by molar-refractivity contribution is -0.138. The molecule has 0 saturated carbocycles. The van der Waals surface area contributed by atoms with E-state index in [0.29, 0.717) is 24.5 Å². The summed E-state index contributed by atoms with van der Waals surface area (Å²) >= 11 is 0. The zero-order valence-electron chi connectivity index (χ0n) is 16.1. The van der Waals surface area contributed by atoms with Crippen molar-refractivity contribution in [1.29, 1.82) is 0 Å². The smallest absolute Gasteiger partial charge is 0.416 e. The molecule has 4 rings (SSSR count). The minimum Gasteiger partial charge on any atom is -0.481 e. The monoisotopic (exact) mass is 402 g/mol. The first-order valence-corrected chi connectivity index (χ1v) is 9.27. The van der Waals surface area contributed by atoms with Gasteiger partial charge < -0.3 is 9.64 Å². The van der Waals surface area contributed by atoms with Gasteiger partial charge in [0, 0.05) is 43.0 Å². The molecule has 0 bridgehead atoms. The number of ether oxygens (including phenoxy) is 1. The van der Waals surface area contributed by atoms with Crippen molar-refractivity contribution in [3.05, 3.63) is 66.0 Å². The van der Waals surface area contributed by atoms with E-state index < -0.39 is 11.7 Å². The Kier molecular flexibility index (Phi) is 5.04. The van der Waals surface area contributed by atoms with Crippen LogP contribution in [0.5, 0.6) is 5.88 Å². The fourth-order valence-electron chi connectivity index (χ4n) is 3.99. The van der Waals surface area contributed by atoms with Crippen LogP contribution < -0.4 is 4.74 Å². The summed E-state index contributed by atoms with van der Waals surface area (Å²) in [6.45, 7) is 1.16. The zero-order valence-corrected chi connectivity index (χ0v) is 16.1. The Hall–Kier alpha value is -2.87. The molecular weight excluding hydrogens is 381 g/mol. The number of rotatable bonds is 4. The van der Waals surface area contributed by atoms with E-state index in [0.717, 1.165) is 17.3 Å². The molecule has 3 heterocycles.